The lowest BCUT2D eigenvalue weighted by Crippen LogP contribution is -2.38. The van der Waals surface area contributed by atoms with Gasteiger partial charge in [-0.3, -0.25) is 14.3 Å². The SMILES string of the molecule is CCN1CCCn2nc(C3CCN(C(=O)c4ccc5nc[nH]c5c4)CC3)cc2C1=O. The van der Waals surface area contributed by atoms with Crippen molar-refractivity contribution in [2.75, 3.05) is 26.2 Å². The highest BCUT2D eigenvalue weighted by molar-refractivity contribution is 5.97. The molecule has 1 N–H and O–H groups in total. The van der Waals surface area contributed by atoms with Crippen molar-refractivity contribution in [1.29, 1.82) is 0 Å². The molecule has 5 rings (SSSR count). The summed E-state index contributed by atoms with van der Waals surface area (Å²) in [5, 5.41) is 4.76. The number of aryl methyl sites for hydroxylation is 1. The van der Waals surface area contributed by atoms with Crippen molar-refractivity contribution in [3.8, 4) is 0 Å². The van der Waals surface area contributed by atoms with Crippen molar-refractivity contribution < 1.29 is 9.59 Å². The number of piperidine rings is 1. The first-order valence-corrected chi connectivity index (χ1v) is 10.7. The van der Waals surface area contributed by atoms with Crippen molar-refractivity contribution in [1.82, 2.24) is 29.5 Å². The normalized spacial score (nSPS) is 18.0. The van der Waals surface area contributed by atoms with Gasteiger partial charge in [-0.05, 0) is 50.5 Å². The molecule has 8 nitrogen and oxygen atoms in total. The number of aromatic nitrogens is 4. The topological polar surface area (TPSA) is 87.1 Å². The van der Waals surface area contributed by atoms with Crippen LogP contribution in [0.25, 0.3) is 11.0 Å². The molecule has 4 heterocycles. The molecule has 1 saturated heterocycles. The van der Waals surface area contributed by atoms with Crippen LogP contribution >= 0.6 is 0 Å². The van der Waals surface area contributed by atoms with Gasteiger partial charge in [0.15, 0.2) is 0 Å². The zero-order valence-corrected chi connectivity index (χ0v) is 17.2. The van der Waals surface area contributed by atoms with E-state index in [9.17, 15) is 9.59 Å². The minimum atomic E-state index is 0.0549. The Morgan fingerprint density at radius 1 is 1.17 bits per heavy atom. The first kappa shape index (κ1) is 18.8. The number of amides is 2. The molecule has 0 radical (unpaired) electrons. The maximum absolute atomic E-state index is 12.9. The quantitative estimate of drug-likeness (QED) is 0.724. The number of hydrogen-bond acceptors (Lipinski definition) is 4. The van der Waals surface area contributed by atoms with E-state index in [1.807, 2.05) is 45.7 Å². The number of benzene rings is 1. The van der Waals surface area contributed by atoms with Gasteiger partial charge in [-0.2, -0.15) is 5.10 Å². The second-order valence-electron chi connectivity index (χ2n) is 8.12. The third-order valence-corrected chi connectivity index (χ3v) is 6.35. The van der Waals surface area contributed by atoms with E-state index in [1.165, 1.54) is 0 Å². The molecular formula is C22H26N6O2. The van der Waals surface area contributed by atoms with Crippen LogP contribution in [0.2, 0.25) is 0 Å². The molecule has 2 aliphatic heterocycles. The van der Waals surface area contributed by atoms with E-state index >= 15 is 0 Å². The highest BCUT2D eigenvalue weighted by Crippen LogP contribution is 2.29. The molecule has 0 atom stereocenters. The van der Waals surface area contributed by atoms with Crippen LogP contribution in [0.4, 0.5) is 0 Å². The Bertz CT molecular complexity index is 1090. The highest BCUT2D eigenvalue weighted by Gasteiger charge is 2.29. The van der Waals surface area contributed by atoms with Gasteiger partial charge in [0, 0.05) is 44.2 Å². The predicted molar refractivity (Wildman–Crippen MR) is 112 cm³/mol. The molecule has 1 fully saturated rings. The fourth-order valence-electron chi connectivity index (χ4n) is 4.58. The molecular weight excluding hydrogens is 380 g/mol. The zero-order valence-electron chi connectivity index (χ0n) is 17.2. The van der Waals surface area contributed by atoms with E-state index < -0.39 is 0 Å². The molecule has 0 spiro atoms. The molecule has 2 amide bonds. The van der Waals surface area contributed by atoms with E-state index in [1.54, 1.807) is 6.33 Å². The van der Waals surface area contributed by atoms with Crippen molar-refractivity contribution in [3.05, 3.63) is 47.5 Å². The van der Waals surface area contributed by atoms with Crippen LogP contribution in [0, 0.1) is 0 Å². The van der Waals surface area contributed by atoms with Gasteiger partial charge in [0.05, 0.1) is 23.1 Å². The Labute approximate surface area is 174 Å². The minimum absolute atomic E-state index is 0.0549. The number of fused-ring (bicyclic) bond motifs is 2. The Hall–Kier alpha value is -3.16. The first-order chi connectivity index (χ1) is 14.6. The second-order valence-corrected chi connectivity index (χ2v) is 8.12. The number of nitrogens with zero attached hydrogens (tertiary/aromatic N) is 5. The number of carbonyl (C=O) groups excluding carboxylic acids is 2. The summed E-state index contributed by atoms with van der Waals surface area (Å²) in [6.45, 7) is 5.71. The van der Waals surface area contributed by atoms with Crippen LogP contribution in [0.15, 0.2) is 30.6 Å². The average molecular weight is 406 g/mol. The molecule has 8 heteroatoms. The molecule has 2 aliphatic rings. The average Bonchev–Trinajstić information content (AvgIpc) is 3.39. The van der Waals surface area contributed by atoms with Gasteiger partial charge >= 0.3 is 0 Å². The third-order valence-electron chi connectivity index (χ3n) is 6.35. The number of imidazole rings is 1. The third kappa shape index (κ3) is 3.26. The summed E-state index contributed by atoms with van der Waals surface area (Å²) in [6, 6.07) is 7.56. The molecule has 1 aromatic carbocycles. The van der Waals surface area contributed by atoms with E-state index in [4.69, 9.17) is 5.10 Å². The van der Waals surface area contributed by atoms with Crippen LogP contribution in [-0.2, 0) is 6.54 Å². The van der Waals surface area contributed by atoms with E-state index in [-0.39, 0.29) is 17.7 Å². The number of carbonyl (C=O) groups is 2. The second kappa shape index (κ2) is 7.59. The number of rotatable bonds is 3. The molecule has 3 aromatic rings. The van der Waals surface area contributed by atoms with Gasteiger partial charge in [0.1, 0.15) is 5.69 Å². The number of H-pyrrole nitrogens is 1. The number of nitrogens with one attached hydrogen (secondary N) is 1. The van der Waals surface area contributed by atoms with Crippen LogP contribution in [0.5, 0.6) is 0 Å². The summed E-state index contributed by atoms with van der Waals surface area (Å²) in [7, 11) is 0. The summed E-state index contributed by atoms with van der Waals surface area (Å²) < 4.78 is 1.88. The molecule has 0 bridgehead atoms. The summed E-state index contributed by atoms with van der Waals surface area (Å²) in [6.07, 6.45) is 4.29. The Morgan fingerprint density at radius 2 is 2.00 bits per heavy atom. The van der Waals surface area contributed by atoms with E-state index in [0.717, 1.165) is 55.6 Å². The van der Waals surface area contributed by atoms with Crippen molar-refractivity contribution in [2.45, 2.75) is 38.6 Å². The molecule has 156 valence electrons. The summed E-state index contributed by atoms with van der Waals surface area (Å²) >= 11 is 0. The maximum atomic E-state index is 12.9. The summed E-state index contributed by atoms with van der Waals surface area (Å²) in [5.74, 6) is 0.418. The smallest absolute Gasteiger partial charge is 0.272 e. The van der Waals surface area contributed by atoms with Gasteiger partial charge in [-0.25, -0.2) is 4.98 Å². The fourth-order valence-corrected chi connectivity index (χ4v) is 4.58. The molecule has 2 aromatic heterocycles. The molecule has 0 unspecified atom stereocenters. The van der Waals surface area contributed by atoms with Crippen LogP contribution in [0.3, 0.4) is 0 Å². The Balaban J connectivity index is 1.27. The van der Waals surface area contributed by atoms with E-state index in [0.29, 0.717) is 24.3 Å². The minimum Gasteiger partial charge on any atom is -0.345 e. The van der Waals surface area contributed by atoms with Gasteiger partial charge in [0.25, 0.3) is 11.8 Å². The van der Waals surface area contributed by atoms with Gasteiger partial charge in [0.2, 0.25) is 0 Å². The lowest BCUT2D eigenvalue weighted by Gasteiger charge is -2.31. The van der Waals surface area contributed by atoms with Gasteiger partial charge in [-0.1, -0.05) is 0 Å². The summed E-state index contributed by atoms with van der Waals surface area (Å²) in [5.41, 5.74) is 4.11. The van der Waals surface area contributed by atoms with Crippen LogP contribution in [-0.4, -0.2) is 67.5 Å². The number of aromatic amines is 1. The Morgan fingerprint density at radius 3 is 2.80 bits per heavy atom. The van der Waals surface area contributed by atoms with Crippen LogP contribution < -0.4 is 0 Å². The van der Waals surface area contributed by atoms with Crippen molar-refractivity contribution >= 4 is 22.8 Å². The predicted octanol–water partition coefficient (Wildman–Crippen LogP) is 2.65. The standard InChI is InChI=1S/C22H26N6O2/c1-2-26-8-3-9-28-20(22(26)30)13-18(25-28)15-6-10-27(11-7-15)21(29)16-4-5-17-19(12-16)24-14-23-17/h4-5,12-15H,2-3,6-11H2,1H3,(H,23,24). The molecule has 0 aliphatic carbocycles. The lowest BCUT2D eigenvalue weighted by molar-refractivity contribution is 0.0711. The van der Waals surface area contributed by atoms with Gasteiger partial charge in [-0.15, -0.1) is 0 Å². The number of likely N-dealkylation sites (tertiary alicyclic amines) is 1. The maximum Gasteiger partial charge on any atom is 0.272 e. The monoisotopic (exact) mass is 406 g/mol. The van der Waals surface area contributed by atoms with Crippen LogP contribution in [0.1, 0.15) is 58.6 Å². The molecule has 0 saturated carbocycles. The van der Waals surface area contributed by atoms with Crippen molar-refractivity contribution in [2.24, 2.45) is 0 Å². The number of hydrogen-bond donors (Lipinski definition) is 1. The zero-order chi connectivity index (χ0) is 20.7. The van der Waals surface area contributed by atoms with E-state index in [2.05, 4.69) is 9.97 Å². The highest BCUT2D eigenvalue weighted by atomic mass is 16.2. The first-order valence-electron chi connectivity index (χ1n) is 10.7. The Kier molecular flexibility index (Phi) is 4.77. The van der Waals surface area contributed by atoms with Gasteiger partial charge < -0.3 is 14.8 Å². The fraction of sp³-hybridized carbons (Fsp3) is 0.455. The molecule has 30 heavy (non-hydrogen) atoms. The largest absolute Gasteiger partial charge is 0.345 e. The lowest BCUT2D eigenvalue weighted by atomic mass is 9.93. The summed E-state index contributed by atoms with van der Waals surface area (Å²) in [4.78, 5) is 36.8. The van der Waals surface area contributed by atoms with Crippen molar-refractivity contribution in [3.63, 3.8) is 0 Å².